The first-order valence-corrected chi connectivity index (χ1v) is 5.85. The Hall–Kier alpha value is -2.22. The fourth-order valence-electron chi connectivity index (χ4n) is 1.83. The zero-order chi connectivity index (χ0) is 16.5. The maximum Gasteiger partial charge on any atom is 0.422 e. The van der Waals surface area contributed by atoms with Crippen molar-refractivity contribution in [1.82, 2.24) is 4.98 Å². The van der Waals surface area contributed by atoms with Crippen molar-refractivity contribution < 1.29 is 43.9 Å². The minimum absolute atomic E-state index is 0. The van der Waals surface area contributed by atoms with E-state index in [1.54, 1.807) is 0 Å². The third-order valence-corrected chi connectivity index (χ3v) is 2.80. The number of esters is 1. The Balaban J connectivity index is 0.00000264. The van der Waals surface area contributed by atoms with Crippen LogP contribution in [0.5, 0.6) is 0 Å². The lowest BCUT2D eigenvalue weighted by atomic mass is 10.1. The highest BCUT2D eigenvalue weighted by atomic mass is 35.5. The van der Waals surface area contributed by atoms with Gasteiger partial charge in [0.2, 0.25) is 0 Å². The first kappa shape index (κ1) is 18.8. The minimum Gasteiger partial charge on any atom is -1.00 e. The summed E-state index contributed by atoms with van der Waals surface area (Å²) in [5.41, 5.74) is -2.21. The van der Waals surface area contributed by atoms with Gasteiger partial charge in [0.05, 0.1) is 18.4 Å². The topological polar surface area (TPSA) is 39.2 Å². The van der Waals surface area contributed by atoms with Gasteiger partial charge in [0.25, 0.3) is 0 Å². The molecular formula is C14H8ClF5NO2-. The van der Waals surface area contributed by atoms with Gasteiger partial charge in [0.1, 0.15) is 17.2 Å². The summed E-state index contributed by atoms with van der Waals surface area (Å²) >= 11 is 0. The number of hydrogen-bond acceptors (Lipinski definition) is 3. The summed E-state index contributed by atoms with van der Waals surface area (Å²) in [6.07, 6.45) is -3.97. The first-order chi connectivity index (χ1) is 10.2. The second kappa shape index (κ2) is 6.91. The van der Waals surface area contributed by atoms with E-state index in [1.807, 2.05) is 0 Å². The lowest BCUT2D eigenvalue weighted by Gasteiger charge is -2.11. The van der Waals surface area contributed by atoms with Gasteiger partial charge >= 0.3 is 12.1 Å². The Kier molecular flexibility index (Phi) is 5.65. The van der Waals surface area contributed by atoms with E-state index in [0.29, 0.717) is 12.1 Å². The van der Waals surface area contributed by atoms with E-state index >= 15 is 0 Å². The van der Waals surface area contributed by atoms with Crippen LogP contribution in [0.4, 0.5) is 22.0 Å². The fourth-order valence-corrected chi connectivity index (χ4v) is 1.83. The maximum atomic E-state index is 13.5. The van der Waals surface area contributed by atoms with Crippen molar-refractivity contribution in [3.05, 3.63) is 53.2 Å². The SMILES string of the molecule is COC(=O)c1ccnc(-c2cc(F)c(C(F)(F)F)c(F)c2)c1.[Cl-]. The van der Waals surface area contributed by atoms with Crippen molar-refractivity contribution in [2.24, 2.45) is 0 Å². The number of methoxy groups -OCH3 is 1. The molecule has 2 aromatic rings. The Bertz CT molecular complexity index is 710. The number of nitrogens with zero attached hydrogens (tertiary/aromatic N) is 1. The largest absolute Gasteiger partial charge is 1.00 e. The average molecular weight is 353 g/mol. The van der Waals surface area contributed by atoms with E-state index in [4.69, 9.17) is 0 Å². The van der Waals surface area contributed by atoms with E-state index in [0.717, 1.165) is 13.2 Å². The summed E-state index contributed by atoms with van der Waals surface area (Å²) in [6.45, 7) is 0. The molecular weight excluding hydrogens is 345 g/mol. The summed E-state index contributed by atoms with van der Waals surface area (Å²) in [7, 11) is 1.14. The molecule has 0 N–H and O–H groups in total. The number of benzene rings is 1. The molecule has 23 heavy (non-hydrogen) atoms. The highest BCUT2D eigenvalue weighted by Gasteiger charge is 2.38. The Labute approximate surface area is 133 Å². The molecule has 0 aliphatic carbocycles. The standard InChI is InChI=1S/C14H8F5NO2.ClH/c1-22-13(21)7-2-3-20-11(6-7)8-4-9(15)12(10(16)5-8)14(17,18)19;/h2-6H,1H3;1H/p-1. The zero-order valence-corrected chi connectivity index (χ0v) is 12.2. The number of carbonyl (C=O) groups excluding carboxylic acids is 1. The molecule has 9 heteroatoms. The second-order valence-electron chi connectivity index (χ2n) is 4.23. The smallest absolute Gasteiger partial charge is 0.422 e. The van der Waals surface area contributed by atoms with Crippen LogP contribution in [0.2, 0.25) is 0 Å². The first-order valence-electron chi connectivity index (χ1n) is 5.85. The number of halogens is 6. The summed E-state index contributed by atoms with van der Waals surface area (Å²) in [5, 5.41) is 0. The zero-order valence-electron chi connectivity index (χ0n) is 11.4. The van der Waals surface area contributed by atoms with Gasteiger partial charge in [-0.05, 0) is 24.3 Å². The van der Waals surface area contributed by atoms with Crippen LogP contribution in [-0.2, 0) is 10.9 Å². The van der Waals surface area contributed by atoms with Gasteiger partial charge in [-0.1, -0.05) is 0 Å². The summed E-state index contributed by atoms with van der Waals surface area (Å²) < 4.78 is 69.1. The molecule has 0 aliphatic heterocycles. The van der Waals surface area contributed by atoms with Crippen molar-refractivity contribution in [1.29, 1.82) is 0 Å². The lowest BCUT2D eigenvalue weighted by molar-refractivity contribution is -0.142. The lowest BCUT2D eigenvalue weighted by Crippen LogP contribution is -3.00. The molecule has 1 aromatic carbocycles. The highest BCUT2D eigenvalue weighted by Crippen LogP contribution is 2.35. The van der Waals surface area contributed by atoms with Crippen LogP contribution in [-0.4, -0.2) is 18.1 Å². The van der Waals surface area contributed by atoms with Crippen molar-refractivity contribution in [2.75, 3.05) is 7.11 Å². The van der Waals surface area contributed by atoms with Crippen LogP contribution in [0.25, 0.3) is 11.3 Å². The van der Waals surface area contributed by atoms with Crippen LogP contribution < -0.4 is 12.4 Å². The molecule has 2 rings (SSSR count). The molecule has 124 valence electrons. The van der Waals surface area contributed by atoms with Crippen molar-refractivity contribution >= 4 is 5.97 Å². The number of alkyl halides is 3. The molecule has 0 fully saturated rings. The summed E-state index contributed by atoms with van der Waals surface area (Å²) in [6, 6.07) is 3.48. The van der Waals surface area contributed by atoms with E-state index in [1.165, 1.54) is 12.3 Å². The van der Waals surface area contributed by atoms with Crippen molar-refractivity contribution in [3.8, 4) is 11.3 Å². The number of hydrogen-bond donors (Lipinski definition) is 0. The molecule has 0 bridgehead atoms. The molecule has 0 unspecified atom stereocenters. The van der Waals surface area contributed by atoms with Crippen LogP contribution in [0.1, 0.15) is 15.9 Å². The van der Waals surface area contributed by atoms with Crippen molar-refractivity contribution in [2.45, 2.75) is 6.18 Å². The van der Waals surface area contributed by atoms with E-state index in [-0.39, 0.29) is 29.2 Å². The monoisotopic (exact) mass is 352 g/mol. The molecule has 3 nitrogen and oxygen atoms in total. The predicted molar refractivity (Wildman–Crippen MR) is 65.9 cm³/mol. The quantitative estimate of drug-likeness (QED) is 0.594. The molecule has 1 heterocycles. The molecule has 0 spiro atoms. The fraction of sp³-hybridized carbons (Fsp3) is 0.143. The second-order valence-corrected chi connectivity index (χ2v) is 4.23. The molecule has 0 aliphatic rings. The Morgan fingerprint density at radius 3 is 2.17 bits per heavy atom. The molecule has 1 aromatic heterocycles. The molecule has 0 amide bonds. The van der Waals surface area contributed by atoms with Gasteiger partial charge in [-0.3, -0.25) is 4.98 Å². The number of pyridine rings is 1. The van der Waals surface area contributed by atoms with E-state index in [9.17, 15) is 26.7 Å². The summed E-state index contributed by atoms with van der Waals surface area (Å²) in [5.74, 6) is -4.22. The van der Waals surface area contributed by atoms with Crippen LogP contribution in [0, 0.1) is 11.6 Å². The highest BCUT2D eigenvalue weighted by molar-refractivity contribution is 5.90. The average Bonchev–Trinajstić information content (AvgIpc) is 2.44. The van der Waals surface area contributed by atoms with Crippen LogP contribution >= 0.6 is 0 Å². The third kappa shape index (κ3) is 3.95. The number of ether oxygens (including phenoxy) is 1. The number of carbonyl (C=O) groups is 1. The van der Waals surface area contributed by atoms with Gasteiger partial charge in [-0.15, -0.1) is 0 Å². The van der Waals surface area contributed by atoms with Crippen LogP contribution in [0.15, 0.2) is 30.5 Å². The Morgan fingerprint density at radius 2 is 1.70 bits per heavy atom. The number of rotatable bonds is 2. The number of aromatic nitrogens is 1. The van der Waals surface area contributed by atoms with E-state index in [2.05, 4.69) is 9.72 Å². The molecule has 0 saturated carbocycles. The molecule has 0 atom stereocenters. The minimum atomic E-state index is -5.14. The normalized spacial score (nSPS) is 10.9. The predicted octanol–water partition coefficient (Wildman–Crippen LogP) is 0.836. The van der Waals surface area contributed by atoms with Gasteiger partial charge in [0.15, 0.2) is 0 Å². The third-order valence-electron chi connectivity index (χ3n) is 2.80. The van der Waals surface area contributed by atoms with E-state index < -0.39 is 29.3 Å². The van der Waals surface area contributed by atoms with Gasteiger partial charge in [-0.25, -0.2) is 13.6 Å². The van der Waals surface area contributed by atoms with Gasteiger partial charge in [0, 0.05) is 11.8 Å². The summed E-state index contributed by atoms with van der Waals surface area (Å²) in [4.78, 5) is 15.1. The van der Waals surface area contributed by atoms with Gasteiger partial charge in [-0.2, -0.15) is 13.2 Å². The van der Waals surface area contributed by atoms with Crippen LogP contribution in [0.3, 0.4) is 0 Å². The molecule has 0 radical (unpaired) electrons. The van der Waals surface area contributed by atoms with Crippen molar-refractivity contribution in [3.63, 3.8) is 0 Å². The molecule has 0 saturated heterocycles. The maximum absolute atomic E-state index is 13.5. The van der Waals surface area contributed by atoms with Gasteiger partial charge < -0.3 is 17.1 Å². The Morgan fingerprint density at radius 1 is 1.13 bits per heavy atom.